The number of hydrogen-bond acceptors (Lipinski definition) is 4. The lowest BCUT2D eigenvalue weighted by Gasteiger charge is -2.35. The average molecular weight is 530 g/mol. The standard InChI is InChI=1S/C32H39N3O4/c1-22-18-35(23(2)20-36)31(37)29-17-11-10-16-28(29)27-15-9-8-14-26(27)21-39-30(22)19-34(4)32(38)33-24(3)25-12-6-5-7-13-25/h5-17,22-24,30,36H,18-21H2,1-4H3,(H,33,38)/t22-,23-,24-,30+/m0/s1. The van der Waals surface area contributed by atoms with Crippen molar-refractivity contribution in [3.8, 4) is 11.1 Å². The highest BCUT2D eigenvalue weighted by atomic mass is 16.5. The SMILES string of the molecule is C[C@H](NC(=O)N(C)C[C@H]1OCc2ccccc2-c2ccccc2C(=O)N([C@@H](C)CO)C[C@@H]1C)c1ccccc1. The third kappa shape index (κ3) is 6.67. The molecule has 1 heterocycles. The van der Waals surface area contributed by atoms with E-state index in [1.807, 2.05) is 99.6 Å². The first-order chi connectivity index (χ1) is 18.8. The molecule has 2 N–H and O–H groups in total. The van der Waals surface area contributed by atoms with Gasteiger partial charge < -0.3 is 25.0 Å². The quantitative estimate of drug-likeness (QED) is 0.465. The van der Waals surface area contributed by atoms with E-state index in [1.165, 1.54) is 0 Å². The van der Waals surface area contributed by atoms with E-state index < -0.39 is 0 Å². The zero-order chi connectivity index (χ0) is 27.9. The van der Waals surface area contributed by atoms with Crippen molar-refractivity contribution >= 4 is 11.9 Å². The summed E-state index contributed by atoms with van der Waals surface area (Å²) in [5, 5.41) is 13.1. The Morgan fingerprint density at radius 1 is 1.00 bits per heavy atom. The molecule has 7 heteroatoms. The predicted octanol–water partition coefficient (Wildman–Crippen LogP) is 5.11. The summed E-state index contributed by atoms with van der Waals surface area (Å²) in [7, 11) is 1.76. The van der Waals surface area contributed by atoms with Crippen molar-refractivity contribution < 1.29 is 19.4 Å². The van der Waals surface area contributed by atoms with Crippen LogP contribution in [0.15, 0.2) is 78.9 Å². The Balaban J connectivity index is 1.61. The molecule has 0 spiro atoms. The fourth-order valence-corrected chi connectivity index (χ4v) is 5.02. The first-order valence-corrected chi connectivity index (χ1v) is 13.6. The van der Waals surface area contributed by atoms with Crippen LogP contribution in [-0.4, -0.2) is 65.7 Å². The molecule has 0 unspecified atom stereocenters. The van der Waals surface area contributed by atoms with Gasteiger partial charge in [-0.25, -0.2) is 4.79 Å². The number of carbonyl (C=O) groups excluding carboxylic acids is 2. The summed E-state index contributed by atoms with van der Waals surface area (Å²) < 4.78 is 6.51. The number of amides is 3. The molecule has 0 saturated carbocycles. The maximum absolute atomic E-state index is 13.9. The molecular formula is C32H39N3O4. The van der Waals surface area contributed by atoms with Gasteiger partial charge in [0.05, 0.1) is 31.4 Å². The van der Waals surface area contributed by atoms with Crippen molar-refractivity contribution in [1.29, 1.82) is 0 Å². The van der Waals surface area contributed by atoms with Gasteiger partial charge in [-0.2, -0.15) is 0 Å². The molecule has 1 aliphatic heterocycles. The first-order valence-electron chi connectivity index (χ1n) is 13.6. The zero-order valence-electron chi connectivity index (χ0n) is 23.2. The van der Waals surface area contributed by atoms with Crippen LogP contribution in [0.1, 0.15) is 48.3 Å². The second-order valence-electron chi connectivity index (χ2n) is 10.5. The Kier molecular flexibility index (Phi) is 9.38. The molecule has 3 amide bonds. The van der Waals surface area contributed by atoms with Gasteiger partial charge in [-0.1, -0.05) is 79.7 Å². The summed E-state index contributed by atoms with van der Waals surface area (Å²) in [6.07, 6.45) is -0.344. The molecule has 0 aliphatic carbocycles. The number of ether oxygens (including phenoxy) is 1. The van der Waals surface area contributed by atoms with E-state index in [0.29, 0.717) is 25.3 Å². The summed E-state index contributed by atoms with van der Waals surface area (Å²) in [6.45, 7) is 6.76. The number of rotatable bonds is 6. The fourth-order valence-electron chi connectivity index (χ4n) is 5.02. The van der Waals surface area contributed by atoms with Gasteiger partial charge in [0.2, 0.25) is 0 Å². The largest absolute Gasteiger partial charge is 0.394 e. The highest BCUT2D eigenvalue weighted by molar-refractivity contribution is 6.01. The minimum absolute atomic E-state index is 0.109. The average Bonchev–Trinajstić information content (AvgIpc) is 2.98. The van der Waals surface area contributed by atoms with Crippen molar-refractivity contribution in [2.75, 3.05) is 26.7 Å². The van der Waals surface area contributed by atoms with E-state index in [-0.39, 0.29) is 42.7 Å². The number of aliphatic hydroxyl groups excluding tert-OH is 1. The normalized spacial score (nSPS) is 19.2. The maximum atomic E-state index is 13.9. The first kappa shape index (κ1) is 28.3. The summed E-state index contributed by atoms with van der Waals surface area (Å²) in [4.78, 5) is 30.4. The zero-order valence-corrected chi connectivity index (χ0v) is 23.2. The van der Waals surface area contributed by atoms with Crippen LogP contribution < -0.4 is 5.32 Å². The van der Waals surface area contributed by atoms with Gasteiger partial charge in [0.25, 0.3) is 5.91 Å². The lowest BCUT2D eigenvalue weighted by atomic mass is 9.94. The molecule has 0 bridgehead atoms. The molecular weight excluding hydrogens is 490 g/mol. The van der Waals surface area contributed by atoms with Gasteiger partial charge in [0.15, 0.2) is 0 Å². The summed E-state index contributed by atoms with van der Waals surface area (Å²) in [5.41, 5.74) is 4.39. The van der Waals surface area contributed by atoms with E-state index in [0.717, 1.165) is 22.3 Å². The number of nitrogens with zero attached hydrogens (tertiary/aromatic N) is 2. The molecule has 0 saturated heterocycles. The van der Waals surface area contributed by atoms with Crippen LogP contribution in [0.4, 0.5) is 4.79 Å². The number of carbonyl (C=O) groups is 2. The molecule has 0 radical (unpaired) electrons. The van der Waals surface area contributed by atoms with Gasteiger partial charge in [0, 0.05) is 31.6 Å². The third-order valence-electron chi connectivity index (χ3n) is 7.53. The molecule has 3 aromatic rings. The Labute approximate surface area is 231 Å². The summed E-state index contributed by atoms with van der Waals surface area (Å²) in [5.74, 6) is -0.237. The van der Waals surface area contributed by atoms with Gasteiger partial charge in [-0.15, -0.1) is 0 Å². The van der Waals surface area contributed by atoms with Crippen molar-refractivity contribution in [1.82, 2.24) is 15.1 Å². The molecule has 3 aromatic carbocycles. The number of fused-ring (bicyclic) bond motifs is 3. The molecule has 1 aliphatic rings. The summed E-state index contributed by atoms with van der Waals surface area (Å²) in [6, 6.07) is 24.7. The maximum Gasteiger partial charge on any atom is 0.317 e. The summed E-state index contributed by atoms with van der Waals surface area (Å²) >= 11 is 0. The van der Waals surface area contributed by atoms with Crippen molar-refractivity contribution in [3.05, 3.63) is 95.6 Å². The van der Waals surface area contributed by atoms with Crippen molar-refractivity contribution in [3.63, 3.8) is 0 Å². The van der Waals surface area contributed by atoms with Crippen LogP contribution in [-0.2, 0) is 11.3 Å². The minimum Gasteiger partial charge on any atom is -0.394 e. The van der Waals surface area contributed by atoms with Gasteiger partial charge in [0.1, 0.15) is 0 Å². The van der Waals surface area contributed by atoms with E-state index in [4.69, 9.17) is 4.74 Å². The highest BCUT2D eigenvalue weighted by Crippen LogP contribution is 2.31. The van der Waals surface area contributed by atoms with Gasteiger partial charge in [-0.05, 0) is 42.2 Å². The fraction of sp³-hybridized carbons (Fsp3) is 0.375. The lowest BCUT2D eigenvalue weighted by molar-refractivity contribution is -0.0185. The number of benzene rings is 3. The number of hydrogen-bond donors (Lipinski definition) is 2. The van der Waals surface area contributed by atoms with E-state index in [9.17, 15) is 14.7 Å². The molecule has 39 heavy (non-hydrogen) atoms. The van der Waals surface area contributed by atoms with Gasteiger partial charge >= 0.3 is 6.03 Å². The molecule has 4 rings (SSSR count). The van der Waals surface area contributed by atoms with E-state index in [1.54, 1.807) is 16.8 Å². The second-order valence-corrected chi connectivity index (χ2v) is 10.5. The molecule has 0 fully saturated rings. The minimum atomic E-state index is -0.377. The highest BCUT2D eigenvalue weighted by Gasteiger charge is 2.31. The Morgan fingerprint density at radius 2 is 1.62 bits per heavy atom. The topological polar surface area (TPSA) is 82.1 Å². The third-order valence-corrected chi connectivity index (χ3v) is 7.53. The van der Waals surface area contributed by atoms with E-state index in [2.05, 4.69) is 5.32 Å². The Hall–Kier alpha value is -3.68. The molecule has 7 nitrogen and oxygen atoms in total. The van der Waals surface area contributed by atoms with Crippen LogP contribution >= 0.6 is 0 Å². The van der Waals surface area contributed by atoms with Crippen molar-refractivity contribution in [2.24, 2.45) is 5.92 Å². The number of nitrogens with one attached hydrogen (secondary N) is 1. The number of likely N-dealkylation sites (N-methyl/N-ethyl adjacent to an activating group) is 1. The molecule has 206 valence electrons. The van der Waals surface area contributed by atoms with Crippen LogP contribution in [0.5, 0.6) is 0 Å². The van der Waals surface area contributed by atoms with E-state index >= 15 is 0 Å². The monoisotopic (exact) mass is 529 g/mol. The Morgan fingerprint density at radius 3 is 2.31 bits per heavy atom. The number of urea groups is 1. The molecule has 4 atom stereocenters. The van der Waals surface area contributed by atoms with Gasteiger partial charge in [-0.3, -0.25) is 4.79 Å². The van der Waals surface area contributed by atoms with Crippen LogP contribution in [0.2, 0.25) is 0 Å². The van der Waals surface area contributed by atoms with Crippen LogP contribution in [0.3, 0.4) is 0 Å². The lowest BCUT2D eigenvalue weighted by Crippen LogP contribution is -2.49. The predicted molar refractivity (Wildman–Crippen MR) is 153 cm³/mol. The van der Waals surface area contributed by atoms with Crippen molar-refractivity contribution in [2.45, 2.75) is 45.6 Å². The second kappa shape index (κ2) is 12.9. The molecule has 0 aromatic heterocycles. The van der Waals surface area contributed by atoms with Crippen LogP contribution in [0, 0.1) is 5.92 Å². The van der Waals surface area contributed by atoms with Crippen LogP contribution in [0.25, 0.3) is 11.1 Å². The smallest absolute Gasteiger partial charge is 0.317 e. The Bertz CT molecular complexity index is 1270. The number of aliphatic hydroxyl groups is 1.